The van der Waals surface area contributed by atoms with E-state index in [2.05, 4.69) is 10.4 Å². The largest absolute Gasteiger partial charge is 0.462 e. The molecule has 0 bridgehead atoms. The molecule has 0 radical (unpaired) electrons. The number of amides is 2. The number of hydrogen-bond acceptors (Lipinski definition) is 8. The van der Waals surface area contributed by atoms with Gasteiger partial charge in [0.2, 0.25) is 0 Å². The predicted octanol–water partition coefficient (Wildman–Crippen LogP) is 1.87. The summed E-state index contributed by atoms with van der Waals surface area (Å²) in [7, 11) is 0. The van der Waals surface area contributed by atoms with Crippen molar-refractivity contribution in [2.75, 3.05) is 11.9 Å². The van der Waals surface area contributed by atoms with Crippen molar-refractivity contribution in [2.45, 2.75) is 13.8 Å². The zero-order valence-electron chi connectivity index (χ0n) is 13.4. The van der Waals surface area contributed by atoms with Crippen LogP contribution >= 0.6 is 22.9 Å². The van der Waals surface area contributed by atoms with Crippen molar-refractivity contribution >= 4 is 51.5 Å². The van der Waals surface area contributed by atoms with Gasteiger partial charge in [-0.05, 0) is 24.3 Å². The number of halogens is 1. The molecule has 0 unspecified atom stereocenters. The molecule has 26 heavy (non-hydrogen) atoms. The molecule has 0 fully saturated rings. The molecule has 0 aromatic carbocycles. The van der Waals surface area contributed by atoms with Crippen LogP contribution in [0.15, 0.2) is 0 Å². The van der Waals surface area contributed by atoms with E-state index in [-0.39, 0.29) is 27.6 Å². The monoisotopic (exact) mass is 401 g/mol. The summed E-state index contributed by atoms with van der Waals surface area (Å²) in [6.45, 7) is 3.14. The Morgan fingerprint density at radius 2 is 2.12 bits per heavy atom. The number of aromatic nitrogens is 2. The Hall–Kier alpha value is -2.99. The van der Waals surface area contributed by atoms with Gasteiger partial charge in [0.1, 0.15) is 5.00 Å². The number of hydrogen-bond donors (Lipinski definition) is 3. The third-order valence-electron chi connectivity index (χ3n) is 3.16. The van der Waals surface area contributed by atoms with Crippen LogP contribution in [0.5, 0.6) is 0 Å². The molecule has 0 spiro atoms. The van der Waals surface area contributed by atoms with Gasteiger partial charge in [-0.1, -0.05) is 16.7 Å². The van der Waals surface area contributed by atoms with Gasteiger partial charge in [-0.15, -0.1) is 16.4 Å². The first kappa shape index (κ1) is 19.3. The third-order valence-corrected chi connectivity index (χ3v) is 4.74. The standard InChI is InChI=1S/C13H12ClN5O6S/c1-3-25-13(22)5-4(2)8(9(15)20)26-12(5)16-11(21)7-6(14)10(18-17-7)19(23)24/h3H2,1-2H3,(H2,15,20)(H,16,21)(H,17,18). The number of ether oxygens (including phenoxy) is 1. The smallest absolute Gasteiger partial charge is 0.362 e. The van der Waals surface area contributed by atoms with E-state index in [4.69, 9.17) is 22.1 Å². The number of nitrogens with one attached hydrogen (secondary N) is 2. The van der Waals surface area contributed by atoms with Crippen molar-refractivity contribution in [3.8, 4) is 0 Å². The highest BCUT2D eigenvalue weighted by atomic mass is 35.5. The predicted molar refractivity (Wildman–Crippen MR) is 91.7 cm³/mol. The van der Waals surface area contributed by atoms with E-state index >= 15 is 0 Å². The van der Waals surface area contributed by atoms with Crippen LogP contribution in [-0.2, 0) is 4.74 Å². The first-order valence-electron chi connectivity index (χ1n) is 6.98. The lowest BCUT2D eigenvalue weighted by Gasteiger charge is -2.06. The molecule has 0 saturated heterocycles. The van der Waals surface area contributed by atoms with Crippen molar-refractivity contribution in [1.29, 1.82) is 0 Å². The van der Waals surface area contributed by atoms with Crippen LogP contribution in [0, 0.1) is 17.0 Å². The van der Waals surface area contributed by atoms with Crippen LogP contribution in [-0.4, -0.2) is 39.5 Å². The molecule has 0 atom stereocenters. The number of carbonyl (C=O) groups is 3. The van der Waals surface area contributed by atoms with Crippen molar-refractivity contribution in [3.63, 3.8) is 0 Å². The Kier molecular flexibility index (Phi) is 5.57. The molecule has 2 amide bonds. The highest BCUT2D eigenvalue weighted by Gasteiger charge is 2.29. The number of nitrogens with zero attached hydrogens (tertiary/aromatic N) is 2. The molecule has 0 saturated carbocycles. The lowest BCUT2D eigenvalue weighted by Crippen LogP contribution is -2.16. The molecule has 4 N–H and O–H groups in total. The van der Waals surface area contributed by atoms with Crippen LogP contribution in [0.25, 0.3) is 0 Å². The number of carbonyl (C=O) groups excluding carboxylic acids is 3. The SMILES string of the molecule is CCOC(=O)c1c(NC(=O)c2n[nH]c([N+](=O)[O-])c2Cl)sc(C(N)=O)c1C. The summed E-state index contributed by atoms with van der Waals surface area (Å²) in [4.78, 5) is 46.0. The van der Waals surface area contributed by atoms with Crippen LogP contribution in [0.1, 0.15) is 43.0 Å². The van der Waals surface area contributed by atoms with E-state index in [1.807, 2.05) is 5.10 Å². The average molecular weight is 402 g/mol. The van der Waals surface area contributed by atoms with E-state index < -0.39 is 39.2 Å². The van der Waals surface area contributed by atoms with Crippen LogP contribution in [0.2, 0.25) is 5.02 Å². The Balaban J connectivity index is 2.44. The fraction of sp³-hybridized carbons (Fsp3) is 0.231. The Bertz CT molecular complexity index is 921. The Morgan fingerprint density at radius 1 is 1.46 bits per heavy atom. The Morgan fingerprint density at radius 3 is 2.62 bits per heavy atom. The highest BCUT2D eigenvalue weighted by Crippen LogP contribution is 2.34. The number of rotatable bonds is 6. The minimum absolute atomic E-state index is 0.0125. The average Bonchev–Trinajstić information content (AvgIpc) is 3.08. The molecule has 0 aliphatic rings. The van der Waals surface area contributed by atoms with E-state index in [9.17, 15) is 24.5 Å². The van der Waals surface area contributed by atoms with E-state index in [0.717, 1.165) is 11.3 Å². The van der Waals surface area contributed by atoms with Gasteiger partial charge >= 0.3 is 11.8 Å². The fourth-order valence-corrected chi connectivity index (χ4v) is 3.32. The zero-order chi connectivity index (χ0) is 19.6. The second kappa shape index (κ2) is 7.49. The summed E-state index contributed by atoms with van der Waals surface area (Å²) >= 11 is 6.53. The number of anilines is 1. The first-order valence-corrected chi connectivity index (χ1v) is 8.18. The molecular weight excluding hydrogens is 390 g/mol. The topological polar surface area (TPSA) is 170 Å². The number of thiophene rings is 1. The molecule has 2 heterocycles. The number of H-pyrrole nitrogens is 1. The number of esters is 1. The fourth-order valence-electron chi connectivity index (χ4n) is 2.04. The molecule has 2 aromatic heterocycles. The molecule has 13 heteroatoms. The second-order valence-corrected chi connectivity index (χ2v) is 6.19. The second-order valence-electron chi connectivity index (χ2n) is 4.79. The van der Waals surface area contributed by atoms with Crippen LogP contribution < -0.4 is 11.1 Å². The molecule has 2 aromatic rings. The maximum atomic E-state index is 12.3. The molecule has 0 aliphatic carbocycles. The minimum Gasteiger partial charge on any atom is -0.462 e. The number of primary amides is 1. The maximum Gasteiger partial charge on any atom is 0.362 e. The van der Waals surface area contributed by atoms with Crippen molar-refractivity contribution < 1.29 is 24.0 Å². The van der Waals surface area contributed by atoms with Gasteiger partial charge < -0.3 is 25.9 Å². The summed E-state index contributed by atoms with van der Waals surface area (Å²) in [5.74, 6) is -3.11. The van der Waals surface area contributed by atoms with E-state index in [0.29, 0.717) is 0 Å². The van der Waals surface area contributed by atoms with Gasteiger partial charge in [-0.3, -0.25) is 9.59 Å². The lowest BCUT2D eigenvalue weighted by atomic mass is 10.1. The molecule has 2 rings (SSSR count). The summed E-state index contributed by atoms with van der Waals surface area (Å²) < 4.78 is 4.92. The molecule has 0 aliphatic heterocycles. The highest BCUT2D eigenvalue weighted by molar-refractivity contribution is 7.18. The van der Waals surface area contributed by atoms with Gasteiger partial charge in [0.05, 0.1) is 17.0 Å². The van der Waals surface area contributed by atoms with E-state index in [1.165, 1.54) is 6.92 Å². The quantitative estimate of drug-likeness (QED) is 0.376. The van der Waals surface area contributed by atoms with Crippen LogP contribution in [0.3, 0.4) is 0 Å². The molecule has 11 nitrogen and oxygen atoms in total. The van der Waals surface area contributed by atoms with Gasteiger partial charge in [0.15, 0.2) is 10.7 Å². The summed E-state index contributed by atoms with van der Waals surface area (Å²) in [6, 6.07) is 0. The normalized spacial score (nSPS) is 10.4. The zero-order valence-corrected chi connectivity index (χ0v) is 15.0. The first-order chi connectivity index (χ1) is 12.2. The summed E-state index contributed by atoms with van der Waals surface area (Å²) in [6.07, 6.45) is 0. The van der Waals surface area contributed by atoms with Crippen molar-refractivity contribution in [3.05, 3.63) is 36.8 Å². The van der Waals surface area contributed by atoms with Gasteiger partial charge in [-0.25, -0.2) is 4.79 Å². The third kappa shape index (κ3) is 3.50. The minimum atomic E-state index is -0.915. The number of nitro groups is 1. The Labute approximate surface area is 154 Å². The van der Waals surface area contributed by atoms with Crippen molar-refractivity contribution in [2.24, 2.45) is 5.73 Å². The molecule has 138 valence electrons. The van der Waals surface area contributed by atoms with Crippen molar-refractivity contribution in [1.82, 2.24) is 10.2 Å². The lowest BCUT2D eigenvalue weighted by molar-refractivity contribution is -0.389. The number of aromatic amines is 1. The van der Waals surface area contributed by atoms with Crippen LogP contribution in [0.4, 0.5) is 10.8 Å². The molecular formula is C13H12ClN5O6S. The van der Waals surface area contributed by atoms with E-state index in [1.54, 1.807) is 6.92 Å². The summed E-state index contributed by atoms with van der Waals surface area (Å²) in [5, 5.41) is 18.1. The summed E-state index contributed by atoms with van der Waals surface area (Å²) in [5.41, 5.74) is 5.03. The van der Waals surface area contributed by atoms with Gasteiger partial charge in [0.25, 0.3) is 11.8 Å². The van der Waals surface area contributed by atoms with Gasteiger partial charge in [0, 0.05) is 0 Å². The van der Waals surface area contributed by atoms with Gasteiger partial charge in [-0.2, -0.15) is 0 Å². The number of nitrogens with two attached hydrogens (primary N) is 1. The maximum absolute atomic E-state index is 12.3.